The Bertz CT molecular complexity index is 581. The van der Waals surface area contributed by atoms with Gasteiger partial charge in [-0.2, -0.15) is 0 Å². The minimum Gasteiger partial charge on any atom is -0.508 e. The first kappa shape index (κ1) is 12.9. The first-order valence-electron chi connectivity index (χ1n) is 5.86. The van der Waals surface area contributed by atoms with Crippen LogP contribution in [-0.4, -0.2) is 10.0 Å². The van der Waals surface area contributed by atoms with Crippen molar-refractivity contribution in [3.63, 3.8) is 0 Å². The summed E-state index contributed by atoms with van der Waals surface area (Å²) in [5.41, 5.74) is 1.76. The molecule has 0 heterocycles. The van der Waals surface area contributed by atoms with E-state index >= 15 is 0 Å². The van der Waals surface area contributed by atoms with E-state index in [-0.39, 0.29) is 17.5 Å². The Hall–Kier alpha value is -2.56. The van der Waals surface area contributed by atoms with Crippen molar-refractivity contribution in [3.05, 3.63) is 64.2 Å². The highest BCUT2D eigenvalue weighted by Gasteiger charge is 2.10. The summed E-state index contributed by atoms with van der Waals surface area (Å²) < 4.78 is 0. The number of nitro groups is 1. The standard InChI is InChI=1S/C14H14N2O3/c1-10(15-12-5-7-14(17)8-6-12)11-3-2-4-13(9-11)16(18)19/h2-10,15,17H,1H3. The SMILES string of the molecule is CC(Nc1ccc(O)cc1)c1cccc([N+](=O)[O-])c1. The fourth-order valence-corrected chi connectivity index (χ4v) is 1.80. The van der Waals surface area contributed by atoms with Crippen LogP contribution in [0, 0.1) is 10.1 Å². The van der Waals surface area contributed by atoms with Crippen molar-refractivity contribution in [2.45, 2.75) is 13.0 Å². The van der Waals surface area contributed by atoms with Crippen LogP contribution in [0.25, 0.3) is 0 Å². The van der Waals surface area contributed by atoms with Gasteiger partial charge in [0.05, 0.1) is 4.92 Å². The molecule has 0 saturated carbocycles. The van der Waals surface area contributed by atoms with Gasteiger partial charge in [-0.1, -0.05) is 12.1 Å². The molecule has 2 aromatic rings. The first-order valence-corrected chi connectivity index (χ1v) is 5.86. The summed E-state index contributed by atoms with van der Waals surface area (Å²) in [6.45, 7) is 1.92. The zero-order valence-corrected chi connectivity index (χ0v) is 10.4. The number of nitro benzene ring substituents is 1. The van der Waals surface area contributed by atoms with Gasteiger partial charge in [-0.05, 0) is 36.8 Å². The largest absolute Gasteiger partial charge is 0.508 e. The summed E-state index contributed by atoms with van der Waals surface area (Å²) in [7, 11) is 0. The number of benzene rings is 2. The highest BCUT2D eigenvalue weighted by atomic mass is 16.6. The number of non-ortho nitro benzene ring substituents is 1. The molecule has 1 atom stereocenters. The highest BCUT2D eigenvalue weighted by Crippen LogP contribution is 2.23. The smallest absolute Gasteiger partial charge is 0.269 e. The predicted octanol–water partition coefficient (Wildman–Crippen LogP) is 3.47. The molecule has 5 nitrogen and oxygen atoms in total. The molecule has 0 bridgehead atoms. The van der Waals surface area contributed by atoms with Gasteiger partial charge in [0.25, 0.3) is 5.69 Å². The number of phenols is 1. The number of phenolic OH excluding ortho intramolecular Hbond substituents is 1. The molecule has 0 aliphatic carbocycles. The van der Waals surface area contributed by atoms with Gasteiger partial charge in [0.2, 0.25) is 0 Å². The maximum Gasteiger partial charge on any atom is 0.269 e. The Morgan fingerprint density at radius 3 is 2.53 bits per heavy atom. The monoisotopic (exact) mass is 258 g/mol. The number of nitrogens with one attached hydrogen (secondary N) is 1. The molecule has 0 saturated heterocycles. The quantitative estimate of drug-likeness (QED) is 0.500. The molecular weight excluding hydrogens is 244 g/mol. The summed E-state index contributed by atoms with van der Waals surface area (Å²) >= 11 is 0. The molecule has 0 fully saturated rings. The van der Waals surface area contributed by atoms with Crippen LogP contribution >= 0.6 is 0 Å². The molecule has 5 heteroatoms. The number of nitrogens with zero attached hydrogens (tertiary/aromatic N) is 1. The Balaban J connectivity index is 2.15. The fraction of sp³-hybridized carbons (Fsp3) is 0.143. The van der Waals surface area contributed by atoms with E-state index in [1.54, 1.807) is 36.4 Å². The van der Waals surface area contributed by atoms with E-state index in [1.165, 1.54) is 6.07 Å². The lowest BCUT2D eigenvalue weighted by Crippen LogP contribution is -2.06. The van der Waals surface area contributed by atoms with Gasteiger partial charge in [0.1, 0.15) is 5.75 Å². The number of aromatic hydroxyl groups is 1. The Labute approximate surface area is 110 Å². The van der Waals surface area contributed by atoms with Crippen LogP contribution in [0.1, 0.15) is 18.5 Å². The average Bonchev–Trinajstić information content (AvgIpc) is 2.41. The van der Waals surface area contributed by atoms with Crippen LogP contribution in [-0.2, 0) is 0 Å². The third-order valence-corrected chi connectivity index (χ3v) is 2.83. The summed E-state index contributed by atoms with van der Waals surface area (Å²) in [4.78, 5) is 10.3. The zero-order valence-electron chi connectivity index (χ0n) is 10.4. The van der Waals surface area contributed by atoms with Gasteiger partial charge >= 0.3 is 0 Å². The average molecular weight is 258 g/mol. The summed E-state index contributed by atoms with van der Waals surface area (Å²) in [6.07, 6.45) is 0. The van der Waals surface area contributed by atoms with Gasteiger partial charge in [-0.3, -0.25) is 10.1 Å². The van der Waals surface area contributed by atoms with Crippen molar-refractivity contribution in [1.29, 1.82) is 0 Å². The van der Waals surface area contributed by atoms with Crippen LogP contribution in [0.5, 0.6) is 5.75 Å². The van der Waals surface area contributed by atoms with Crippen LogP contribution in [0.4, 0.5) is 11.4 Å². The van der Waals surface area contributed by atoms with Crippen molar-refractivity contribution < 1.29 is 10.0 Å². The second kappa shape index (κ2) is 5.39. The maximum atomic E-state index is 10.7. The lowest BCUT2D eigenvalue weighted by molar-refractivity contribution is -0.384. The van der Waals surface area contributed by atoms with Crippen molar-refractivity contribution in [3.8, 4) is 5.75 Å². The molecule has 0 radical (unpaired) electrons. The van der Waals surface area contributed by atoms with Crippen molar-refractivity contribution in [2.75, 3.05) is 5.32 Å². The van der Waals surface area contributed by atoms with E-state index in [4.69, 9.17) is 0 Å². The molecule has 0 aliphatic rings. The predicted molar refractivity (Wildman–Crippen MR) is 73.2 cm³/mol. The number of anilines is 1. The van der Waals surface area contributed by atoms with Gasteiger partial charge in [0, 0.05) is 23.9 Å². The normalized spacial score (nSPS) is 11.8. The zero-order chi connectivity index (χ0) is 13.8. The topological polar surface area (TPSA) is 75.4 Å². The third kappa shape index (κ3) is 3.22. The number of hydrogen-bond acceptors (Lipinski definition) is 4. The van der Waals surface area contributed by atoms with E-state index in [0.717, 1.165) is 11.3 Å². The summed E-state index contributed by atoms with van der Waals surface area (Å²) in [6, 6.07) is 13.1. The van der Waals surface area contributed by atoms with E-state index in [1.807, 2.05) is 13.0 Å². The van der Waals surface area contributed by atoms with Crippen molar-refractivity contribution in [2.24, 2.45) is 0 Å². The Kier molecular flexibility index (Phi) is 3.66. The van der Waals surface area contributed by atoms with Gasteiger partial charge in [-0.15, -0.1) is 0 Å². The Morgan fingerprint density at radius 1 is 1.21 bits per heavy atom. The number of rotatable bonds is 4. The molecular formula is C14H14N2O3. The van der Waals surface area contributed by atoms with Crippen LogP contribution in [0.15, 0.2) is 48.5 Å². The molecule has 2 rings (SSSR count). The van der Waals surface area contributed by atoms with Crippen molar-refractivity contribution >= 4 is 11.4 Å². The Morgan fingerprint density at radius 2 is 1.89 bits per heavy atom. The molecule has 98 valence electrons. The molecule has 0 amide bonds. The summed E-state index contributed by atoms with van der Waals surface area (Å²) in [5.74, 6) is 0.202. The van der Waals surface area contributed by atoms with Gasteiger partial charge < -0.3 is 10.4 Å². The van der Waals surface area contributed by atoms with Crippen LogP contribution < -0.4 is 5.32 Å². The molecule has 0 aliphatic heterocycles. The maximum absolute atomic E-state index is 10.7. The minimum absolute atomic E-state index is 0.0653. The van der Waals surface area contributed by atoms with E-state index in [9.17, 15) is 15.2 Å². The van der Waals surface area contributed by atoms with E-state index < -0.39 is 4.92 Å². The number of hydrogen-bond donors (Lipinski definition) is 2. The van der Waals surface area contributed by atoms with E-state index in [0.29, 0.717) is 0 Å². The molecule has 0 aromatic heterocycles. The van der Waals surface area contributed by atoms with E-state index in [2.05, 4.69) is 5.32 Å². The van der Waals surface area contributed by atoms with Crippen LogP contribution in [0.2, 0.25) is 0 Å². The lowest BCUT2D eigenvalue weighted by Gasteiger charge is -2.15. The second-order valence-electron chi connectivity index (χ2n) is 4.26. The lowest BCUT2D eigenvalue weighted by atomic mass is 10.1. The molecule has 2 aromatic carbocycles. The van der Waals surface area contributed by atoms with Crippen molar-refractivity contribution in [1.82, 2.24) is 0 Å². The first-order chi connectivity index (χ1) is 9.06. The molecule has 1 unspecified atom stereocenters. The third-order valence-electron chi connectivity index (χ3n) is 2.83. The van der Waals surface area contributed by atoms with Gasteiger partial charge in [-0.25, -0.2) is 0 Å². The molecule has 19 heavy (non-hydrogen) atoms. The molecule has 0 spiro atoms. The minimum atomic E-state index is -0.406. The van der Waals surface area contributed by atoms with Gasteiger partial charge in [0.15, 0.2) is 0 Å². The summed E-state index contributed by atoms with van der Waals surface area (Å²) in [5, 5.41) is 23.1. The molecule has 2 N–H and O–H groups in total. The highest BCUT2D eigenvalue weighted by molar-refractivity contribution is 5.48. The second-order valence-corrected chi connectivity index (χ2v) is 4.26. The van der Waals surface area contributed by atoms with Crippen LogP contribution in [0.3, 0.4) is 0 Å². The fourth-order valence-electron chi connectivity index (χ4n) is 1.80.